The van der Waals surface area contributed by atoms with E-state index in [2.05, 4.69) is 5.43 Å². The number of halogens is 1. The molecular weight excluding hydrogens is 428 g/mol. The lowest BCUT2D eigenvalue weighted by molar-refractivity contribution is -0.123. The zero-order chi connectivity index (χ0) is 21.1. The van der Waals surface area contributed by atoms with Crippen LogP contribution in [0.25, 0.3) is 6.08 Å². The fourth-order valence-electron chi connectivity index (χ4n) is 2.63. The molecule has 150 valence electrons. The van der Waals surface area contributed by atoms with Crippen molar-refractivity contribution in [3.8, 4) is 5.75 Å². The molecule has 0 atom stereocenters. The van der Waals surface area contributed by atoms with E-state index in [1.807, 2.05) is 45.0 Å². The van der Waals surface area contributed by atoms with Crippen molar-refractivity contribution in [1.82, 2.24) is 10.4 Å². The zero-order valence-corrected chi connectivity index (χ0v) is 18.5. The summed E-state index contributed by atoms with van der Waals surface area (Å²) in [7, 11) is 0. The number of aryl methyl sites for hydroxylation is 1. The molecular formula is C21H19ClN2O3S2. The number of amides is 2. The van der Waals surface area contributed by atoms with Crippen LogP contribution in [-0.2, 0) is 4.79 Å². The predicted octanol–water partition coefficient (Wildman–Crippen LogP) is 4.98. The molecule has 3 rings (SSSR count). The number of hydrogen-bond donors (Lipinski definition) is 1. The molecule has 0 spiro atoms. The Balaban J connectivity index is 1.81. The molecule has 1 aliphatic rings. The van der Waals surface area contributed by atoms with Crippen LogP contribution < -0.4 is 10.2 Å². The molecule has 1 N–H and O–H groups in total. The van der Waals surface area contributed by atoms with Crippen LogP contribution in [-0.4, -0.2) is 27.2 Å². The molecule has 0 aromatic heterocycles. The van der Waals surface area contributed by atoms with Crippen LogP contribution in [0.15, 0.2) is 47.4 Å². The molecule has 0 bridgehead atoms. The number of para-hydroxylation sites is 1. The highest BCUT2D eigenvalue weighted by molar-refractivity contribution is 8.26. The van der Waals surface area contributed by atoms with E-state index in [0.29, 0.717) is 15.7 Å². The normalized spacial score (nSPS) is 15.3. The van der Waals surface area contributed by atoms with Gasteiger partial charge in [0.05, 0.1) is 21.6 Å². The first-order valence-corrected chi connectivity index (χ1v) is 10.5. The maximum absolute atomic E-state index is 12.8. The number of hydrogen-bond acceptors (Lipinski definition) is 5. The number of nitrogens with zero attached hydrogens (tertiary/aromatic N) is 1. The molecule has 8 heteroatoms. The summed E-state index contributed by atoms with van der Waals surface area (Å²) in [5, 5.41) is 1.37. The molecule has 1 fully saturated rings. The number of ether oxygens (including phenoxy) is 1. The van der Waals surface area contributed by atoms with Gasteiger partial charge in [-0.25, -0.2) is 0 Å². The summed E-state index contributed by atoms with van der Waals surface area (Å²) in [5.41, 5.74) is 4.50. The Morgan fingerprint density at radius 1 is 1.28 bits per heavy atom. The monoisotopic (exact) mass is 446 g/mol. The number of hydrazine groups is 1. The first-order chi connectivity index (χ1) is 13.8. The van der Waals surface area contributed by atoms with Crippen LogP contribution >= 0.6 is 35.6 Å². The largest absolute Gasteiger partial charge is 0.490 e. The highest BCUT2D eigenvalue weighted by atomic mass is 35.5. The third kappa shape index (κ3) is 4.98. The predicted molar refractivity (Wildman–Crippen MR) is 121 cm³/mol. The third-order valence-electron chi connectivity index (χ3n) is 3.94. The van der Waals surface area contributed by atoms with Gasteiger partial charge in [-0.15, -0.1) is 0 Å². The van der Waals surface area contributed by atoms with E-state index in [1.165, 1.54) is 0 Å². The number of carbonyl (C=O) groups is 2. The molecule has 0 radical (unpaired) electrons. The third-order valence-corrected chi connectivity index (χ3v) is 5.56. The molecule has 2 aromatic rings. The molecule has 0 aliphatic carbocycles. The number of nitrogens with one attached hydrogen (secondary N) is 1. The minimum absolute atomic E-state index is 0.00222. The highest BCUT2D eigenvalue weighted by Crippen LogP contribution is 2.33. The maximum Gasteiger partial charge on any atom is 0.285 e. The summed E-state index contributed by atoms with van der Waals surface area (Å²) in [4.78, 5) is 25.8. The van der Waals surface area contributed by atoms with E-state index in [1.54, 1.807) is 24.3 Å². The first kappa shape index (κ1) is 21.4. The fourth-order valence-corrected chi connectivity index (χ4v) is 4.12. The number of carbonyl (C=O) groups excluding carboxylic acids is 2. The van der Waals surface area contributed by atoms with Crippen molar-refractivity contribution in [3.05, 3.63) is 69.1 Å². The van der Waals surface area contributed by atoms with Crippen LogP contribution in [0.5, 0.6) is 5.75 Å². The van der Waals surface area contributed by atoms with Crippen LogP contribution in [0.4, 0.5) is 0 Å². The Hall–Kier alpha value is -2.35. The van der Waals surface area contributed by atoms with Gasteiger partial charge in [0.2, 0.25) is 0 Å². The lowest BCUT2D eigenvalue weighted by Gasteiger charge is -2.16. The van der Waals surface area contributed by atoms with Crippen molar-refractivity contribution in [2.75, 3.05) is 0 Å². The average molecular weight is 447 g/mol. The van der Waals surface area contributed by atoms with Crippen LogP contribution in [0.1, 0.15) is 35.3 Å². The topological polar surface area (TPSA) is 58.6 Å². The van der Waals surface area contributed by atoms with Gasteiger partial charge in [0, 0.05) is 5.56 Å². The molecule has 2 aromatic carbocycles. The Morgan fingerprint density at radius 2 is 2.00 bits per heavy atom. The van der Waals surface area contributed by atoms with E-state index in [0.717, 1.165) is 27.9 Å². The number of benzene rings is 2. The van der Waals surface area contributed by atoms with Crippen LogP contribution in [0.2, 0.25) is 5.02 Å². The van der Waals surface area contributed by atoms with Crippen molar-refractivity contribution in [2.24, 2.45) is 0 Å². The molecule has 5 nitrogen and oxygen atoms in total. The Kier molecular flexibility index (Phi) is 6.62. The quantitative estimate of drug-likeness (QED) is 0.518. The Labute approximate surface area is 184 Å². The molecule has 1 heterocycles. The van der Waals surface area contributed by atoms with E-state index >= 15 is 0 Å². The van der Waals surface area contributed by atoms with Gasteiger partial charge >= 0.3 is 0 Å². The molecule has 1 aliphatic heterocycles. The summed E-state index contributed by atoms with van der Waals surface area (Å²) in [5.74, 6) is -0.240. The highest BCUT2D eigenvalue weighted by Gasteiger charge is 2.34. The maximum atomic E-state index is 12.8. The molecule has 29 heavy (non-hydrogen) atoms. The van der Waals surface area contributed by atoms with E-state index < -0.39 is 11.8 Å². The number of rotatable bonds is 5. The lowest BCUT2D eigenvalue weighted by atomic mass is 10.1. The van der Waals surface area contributed by atoms with Crippen LogP contribution in [0.3, 0.4) is 0 Å². The molecule has 1 saturated heterocycles. The smallest absolute Gasteiger partial charge is 0.285 e. The van der Waals surface area contributed by atoms with Gasteiger partial charge in [-0.05, 0) is 62.8 Å². The molecule has 2 amide bonds. The van der Waals surface area contributed by atoms with Gasteiger partial charge in [0.15, 0.2) is 4.32 Å². The zero-order valence-electron chi connectivity index (χ0n) is 16.1. The summed E-state index contributed by atoms with van der Waals surface area (Å²) >= 11 is 12.5. The van der Waals surface area contributed by atoms with Gasteiger partial charge in [-0.2, -0.15) is 5.01 Å². The minimum atomic E-state index is -0.504. The number of thiocarbonyl (C=S) groups is 1. The SMILES string of the molecule is Cc1ccc(C(=O)NN2C(=O)/C(=C/c3ccccc3OC(C)C)SC2=S)c(Cl)c1. The first-order valence-electron chi connectivity index (χ1n) is 8.87. The molecule has 0 saturated carbocycles. The second-order valence-corrected chi connectivity index (χ2v) is 8.73. The van der Waals surface area contributed by atoms with E-state index in [-0.39, 0.29) is 16.0 Å². The fraction of sp³-hybridized carbons (Fsp3) is 0.190. The summed E-state index contributed by atoms with van der Waals surface area (Å²) < 4.78 is 6.03. The second kappa shape index (κ2) is 8.98. The van der Waals surface area contributed by atoms with Crippen molar-refractivity contribution in [1.29, 1.82) is 0 Å². The van der Waals surface area contributed by atoms with Crippen LogP contribution in [0, 0.1) is 6.92 Å². The summed E-state index contributed by atoms with van der Waals surface area (Å²) in [6.45, 7) is 5.74. The summed E-state index contributed by atoms with van der Waals surface area (Å²) in [6.07, 6.45) is 1.71. The van der Waals surface area contributed by atoms with Crippen molar-refractivity contribution in [3.63, 3.8) is 0 Å². The van der Waals surface area contributed by atoms with Gasteiger partial charge in [-0.1, -0.05) is 47.6 Å². The summed E-state index contributed by atoms with van der Waals surface area (Å²) in [6, 6.07) is 12.5. The Morgan fingerprint density at radius 3 is 2.69 bits per heavy atom. The van der Waals surface area contributed by atoms with Crippen molar-refractivity contribution in [2.45, 2.75) is 26.9 Å². The van der Waals surface area contributed by atoms with Gasteiger partial charge in [0.25, 0.3) is 11.8 Å². The second-order valence-electron chi connectivity index (χ2n) is 6.65. The standard InChI is InChI=1S/C21H19ClN2O3S2/c1-12(2)27-17-7-5-4-6-14(17)11-18-20(26)24(21(28)29-18)23-19(25)15-9-8-13(3)10-16(15)22/h4-12H,1-3H3,(H,23,25)/b18-11-. The van der Waals surface area contributed by atoms with Crippen molar-refractivity contribution >= 4 is 57.8 Å². The van der Waals surface area contributed by atoms with Gasteiger partial charge in [0.1, 0.15) is 5.75 Å². The average Bonchev–Trinajstić information content (AvgIpc) is 2.90. The van der Waals surface area contributed by atoms with Crippen molar-refractivity contribution < 1.29 is 14.3 Å². The number of thioether (sulfide) groups is 1. The Bertz CT molecular complexity index is 1020. The lowest BCUT2D eigenvalue weighted by Crippen LogP contribution is -2.44. The molecule has 0 unspecified atom stereocenters. The van der Waals surface area contributed by atoms with E-state index in [9.17, 15) is 9.59 Å². The van der Waals surface area contributed by atoms with E-state index in [4.69, 9.17) is 28.6 Å². The van der Waals surface area contributed by atoms with Gasteiger partial charge < -0.3 is 4.74 Å². The van der Waals surface area contributed by atoms with Gasteiger partial charge in [-0.3, -0.25) is 15.0 Å². The minimum Gasteiger partial charge on any atom is -0.490 e.